The van der Waals surface area contributed by atoms with E-state index in [-0.39, 0.29) is 5.54 Å². The van der Waals surface area contributed by atoms with Gasteiger partial charge in [0.2, 0.25) is 0 Å². The van der Waals surface area contributed by atoms with Crippen molar-refractivity contribution >= 4 is 15.9 Å². The molecular weight excluding hydrogens is 242 g/mol. The number of rotatable bonds is 1. The van der Waals surface area contributed by atoms with E-state index in [9.17, 15) is 0 Å². The van der Waals surface area contributed by atoms with E-state index in [4.69, 9.17) is 4.74 Å². The lowest BCUT2D eigenvalue weighted by Gasteiger charge is -2.35. The maximum Gasteiger partial charge on any atom is 0.0688 e. The molecule has 3 heteroatoms. The van der Waals surface area contributed by atoms with Crippen molar-refractivity contribution in [2.45, 2.75) is 12.5 Å². The molecule has 0 aliphatic carbocycles. The second kappa shape index (κ2) is 4.01. The van der Waals surface area contributed by atoms with Crippen LogP contribution in [0.15, 0.2) is 28.7 Å². The molecule has 0 aromatic heterocycles. The average Bonchev–Trinajstić information content (AvgIpc) is 2.19. The third-order valence-corrected chi connectivity index (χ3v) is 3.16. The van der Waals surface area contributed by atoms with E-state index in [1.54, 1.807) is 0 Å². The first-order chi connectivity index (χ1) is 6.71. The van der Waals surface area contributed by atoms with E-state index in [0.29, 0.717) is 0 Å². The van der Waals surface area contributed by atoms with Crippen LogP contribution in [0.25, 0.3) is 0 Å². The summed E-state index contributed by atoms with van der Waals surface area (Å²) < 4.78 is 6.61. The Morgan fingerprint density at radius 3 is 2.64 bits per heavy atom. The molecule has 1 heterocycles. The fraction of sp³-hybridized carbons (Fsp3) is 0.455. The highest BCUT2D eigenvalue weighted by atomic mass is 79.9. The molecule has 0 bridgehead atoms. The van der Waals surface area contributed by atoms with Gasteiger partial charge >= 0.3 is 0 Å². The van der Waals surface area contributed by atoms with E-state index in [2.05, 4.69) is 52.4 Å². The zero-order valence-corrected chi connectivity index (χ0v) is 9.80. The van der Waals surface area contributed by atoms with E-state index >= 15 is 0 Å². The van der Waals surface area contributed by atoms with E-state index in [1.807, 2.05) is 0 Å². The van der Waals surface area contributed by atoms with Crippen molar-refractivity contribution in [3.05, 3.63) is 34.3 Å². The molecule has 1 saturated heterocycles. The third-order valence-electron chi connectivity index (χ3n) is 2.63. The zero-order valence-electron chi connectivity index (χ0n) is 8.22. The van der Waals surface area contributed by atoms with Crippen LogP contribution in [-0.2, 0) is 10.3 Å². The van der Waals surface area contributed by atoms with Crippen LogP contribution in [0.3, 0.4) is 0 Å². The van der Waals surface area contributed by atoms with Gasteiger partial charge in [-0.1, -0.05) is 28.1 Å². The predicted octanol–water partition coefficient (Wildman–Crippen LogP) is 2.28. The zero-order chi connectivity index (χ0) is 10.0. The fourth-order valence-electron chi connectivity index (χ4n) is 1.73. The molecule has 14 heavy (non-hydrogen) atoms. The lowest BCUT2D eigenvalue weighted by molar-refractivity contribution is 0.0339. The molecule has 2 nitrogen and oxygen atoms in total. The fourth-order valence-corrected chi connectivity index (χ4v) is 1.99. The molecule has 1 aliphatic rings. The van der Waals surface area contributed by atoms with Crippen molar-refractivity contribution in [2.24, 2.45) is 0 Å². The number of morpholine rings is 1. The Bertz CT molecular complexity index is 304. The summed E-state index contributed by atoms with van der Waals surface area (Å²) >= 11 is 3.44. The molecule has 0 saturated carbocycles. The minimum Gasteiger partial charge on any atom is -0.378 e. The monoisotopic (exact) mass is 255 g/mol. The summed E-state index contributed by atoms with van der Waals surface area (Å²) in [5.74, 6) is 0. The molecule has 1 fully saturated rings. The number of benzene rings is 1. The van der Waals surface area contributed by atoms with Crippen LogP contribution in [0.1, 0.15) is 12.5 Å². The van der Waals surface area contributed by atoms with Gasteiger partial charge in [-0.05, 0) is 24.6 Å². The van der Waals surface area contributed by atoms with Crippen LogP contribution in [0, 0.1) is 0 Å². The van der Waals surface area contributed by atoms with Gasteiger partial charge in [0, 0.05) is 11.0 Å². The summed E-state index contributed by atoms with van der Waals surface area (Å²) in [4.78, 5) is 0. The Balaban J connectivity index is 2.23. The summed E-state index contributed by atoms with van der Waals surface area (Å²) in [6.07, 6.45) is 0. The Morgan fingerprint density at radius 2 is 2.07 bits per heavy atom. The van der Waals surface area contributed by atoms with Crippen LogP contribution in [-0.4, -0.2) is 19.8 Å². The van der Waals surface area contributed by atoms with Crippen molar-refractivity contribution in [1.29, 1.82) is 0 Å². The van der Waals surface area contributed by atoms with Gasteiger partial charge < -0.3 is 10.1 Å². The Hall–Kier alpha value is -0.380. The van der Waals surface area contributed by atoms with Crippen LogP contribution >= 0.6 is 15.9 Å². The van der Waals surface area contributed by atoms with Crippen LogP contribution < -0.4 is 5.32 Å². The lowest BCUT2D eigenvalue weighted by atomic mass is 9.92. The number of nitrogens with one attached hydrogen (secondary N) is 1. The van der Waals surface area contributed by atoms with Crippen molar-refractivity contribution in [3.63, 3.8) is 0 Å². The molecular formula is C11H14BrNO. The molecule has 0 amide bonds. The standard InChI is InChI=1S/C11H14BrNO/c1-11(8-14-7-6-13-11)9-2-4-10(12)5-3-9/h2-5,13H,6-8H2,1H3. The number of hydrogen-bond acceptors (Lipinski definition) is 2. The first kappa shape index (κ1) is 10.1. The minimum atomic E-state index is -0.0288. The number of ether oxygens (including phenoxy) is 1. The molecule has 2 rings (SSSR count). The van der Waals surface area contributed by atoms with Crippen LogP contribution in [0.2, 0.25) is 0 Å². The largest absolute Gasteiger partial charge is 0.378 e. The van der Waals surface area contributed by atoms with Crippen molar-refractivity contribution in [3.8, 4) is 0 Å². The SMILES string of the molecule is CC1(c2ccc(Br)cc2)COCCN1. The van der Waals surface area contributed by atoms with Gasteiger partial charge in [-0.2, -0.15) is 0 Å². The first-order valence-electron chi connectivity index (χ1n) is 4.79. The highest BCUT2D eigenvalue weighted by molar-refractivity contribution is 9.10. The average molecular weight is 256 g/mol. The van der Waals surface area contributed by atoms with Crippen LogP contribution in [0.5, 0.6) is 0 Å². The summed E-state index contributed by atoms with van der Waals surface area (Å²) in [6.45, 7) is 4.66. The second-order valence-corrected chi connectivity index (χ2v) is 4.73. The Labute approximate surface area is 92.8 Å². The van der Waals surface area contributed by atoms with Gasteiger partial charge in [-0.15, -0.1) is 0 Å². The maximum absolute atomic E-state index is 5.50. The highest BCUT2D eigenvalue weighted by Crippen LogP contribution is 2.24. The number of halogens is 1. The molecule has 1 aromatic carbocycles. The van der Waals surface area contributed by atoms with Crippen LogP contribution in [0.4, 0.5) is 0 Å². The maximum atomic E-state index is 5.50. The Morgan fingerprint density at radius 1 is 1.36 bits per heavy atom. The molecule has 1 atom stereocenters. The topological polar surface area (TPSA) is 21.3 Å². The minimum absolute atomic E-state index is 0.0288. The van der Waals surface area contributed by atoms with E-state index in [1.165, 1.54) is 5.56 Å². The second-order valence-electron chi connectivity index (χ2n) is 3.82. The van der Waals surface area contributed by atoms with Gasteiger partial charge in [-0.3, -0.25) is 0 Å². The first-order valence-corrected chi connectivity index (χ1v) is 5.59. The highest BCUT2D eigenvalue weighted by Gasteiger charge is 2.28. The van der Waals surface area contributed by atoms with Gasteiger partial charge in [-0.25, -0.2) is 0 Å². The summed E-state index contributed by atoms with van der Waals surface area (Å²) in [6, 6.07) is 8.39. The molecule has 0 radical (unpaired) electrons. The van der Waals surface area contributed by atoms with Gasteiger partial charge in [0.05, 0.1) is 18.8 Å². The normalized spacial score (nSPS) is 27.6. The molecule has 1 unspecified atom stereocenters. The van der Waals surface area contributed by atoms with E-state index < -0.39 is 0 Å². The Kier molecular flexibility index (Phi) is 2.91. The smallest absolute Gasteiger partial charge is 0.0688 e. The van der Waals surface area contributed by atoms with Crippen molar-refractivity contribution in [2.75, 3.05) is 19.8 Å². The summed E-state index contributed by atoms with van der Waals surface area (Å²) in [5, 5.41) is 3.49. The number of hydrogen-bond donors (Lipinski definition) is 1. The van der Waals surface area contributed by atoms with Gasteiger partial charge in [0.25, 0.3) is 0 Å². The molecule has 1 aliphatic heterocycles. The molecule has 1 aromatic rings. The van der Waals surface area contributed by atoms with Gasteiger partial charge in [0.15, 0.2) is 0 Å². The predicted molar refractivity (Wildman–Crippen MR) is 60.3 cm³/mol. The molecule has 1 N–H and O–H groups in total. The summed E-state index contributed by atoms with van der Waals surface area (Å²) in [5.41, 5.74) is 1.25. The van der Waals surface area contributed by atoms with E-state index in [0.717, 1.165) is 24.2 Å². The summed E-state index contributed by atoms with van der Waals surface area (Å²) in [7, 11) is 0. The lowest BCUT2D eigenvalue weighted by Crippen LogP contribution is -2.49. The molecule has 76 valence electrons. The third kappa shape index (κ3) is 2.00. The quantitative estimate of drug-likeness (QED) is 0.832. The van der Waals surface area contributed by atoms with Crippen molar-refractivity contribution < 1.29 is 4.74 Å². The van der Waals surface area contributed by atoms with Gasteiger partial charge in [0.1, 0.15) is 0 Å². The van der Waals surface area contributed by atoms with Crippen molar-refractivity contribution in [1.82, 2.24) is 5.32 Å². The molecule has 0 spiro atoms.